The van der Waals surface area contributed by atoms with E-state index in [0.29, 0.717) is 0 Å². The molecule has 0 spiro atoms. The summed E-state index contributed by atoms with van der Waals surface area (Å²) >= 11 is 0. The third kappa shape index (κ3) is 11.5. The van der Waals surface area contributed by atoms with Crippen LogP contribution in [0.25, 0.3) is 0 Å². The monoisotopic (exact) mass is 333 g/mol. The van der Waals surface area contributed by atoms with Crippen LogP contribution in [0.1, 0.15) is 97.8 Å². The number of nitrogens with zero attached hydrogens (tertiary/aromatic N) is 1. The van der Waals surface area contributed by atoms with E-state index < -0.39 is 0 Å². The van der Waals surface area contributed by atoms with Crippen LogP contribution in [0.2, 0.25) is 0 Å². The standard InChI is InChI=1S/C22H39NO/c1-4-5-6-7-8-9-10-11-12-13-14-15-16-17-18-19-21-23-22(2,3)20-24-21/h6-7,9-10H,4-5,8,11-20H2,1-3H3/b7-6-,10-9-. The lowest BCUT2D eigenvalue weighted by atomic mass is 10.1. The average Bonchev–Trinajstić information content (AvgIpc) is 2.90. The highest BCUT2D eigenvalue weighted by molar-refractivity contribution is 5.78. The van der Waals surface area contributed by atoms with Crippen LogP contribution in [-0.4, -0.2) is 18.0 Å². The van der Waals surface area contributed by atoms with Gasteiger partial charge in [0.05, 0.1) is 5.54 Å². The van der Waals surface area contributed by atoms with Gasteiger partial charge in [-0.05, 0) is 46.0 Å². The van der Waals surface area contributed by atoms with Crippen LogP contribution in [0.3, 0.4) is 0 Å². The molecular weight excluding hydrogens is 294 g/mol. The van der Waals surface area contributed by atoms with E-state index in [1.807, 2.05) is 0 Å². The summed E-state index contributed by atoms with van der Waals surface area (Å²) in [7, 11) is 0. The number of aliphatic imine (C=N–C) groups is 1. The Kier molecular flexibility index (Phi) is 11.6. The molecule has 0 atom stereocenters. The molecule has 0 saturated heterocycles. The summed E-state index contributed by atoms with van der Waals surface area (Å²) in [5, 5.41) is 0. The van der Waals surface area contributed by atoms with Crippen molar-refractivity contribution in [2.45, 2.75) is 103 Å². The molecule has 0 fully saturated rings. The maximum absolute atomic E-state index is 5.63. The van der Waals surface area contributed by atoms with E-state index in [0.717, 1.165) is 25.3 Å². The maximum Gasteiger partial charge on any atom is 0.183 e. The number of allylic oxidation sites excluding steroid dienone is 4. The maximum atomic E-state index is 5.63. The van der Waals surface area contributed by atoms with E-state index >= 15 is 0 Å². The van der Waals surface area contributed by atoms with Gasteiger partial charge in [0.2, 0.25) is 0 Å². The summed E-state index contributed by atoms with van der Waals surface area (Å²) in [5.74, 6) is 0.983. The van der Waals surface area contributed by atoms with Gasteiger partial charge in [-0.1, -0.05) is 69.8 Å². The van der Waals surface area contributed by atoms with Crippen molar-refractivity contribution >= 4 is 5.90 Å². The van der Waals surface area contributed by atoms with Crippen LogP contribution in [-0.2, 0) is 4.74 Å². The molecule has 0 N–H and O–H groups in total. The van der Waals surface area contributed by atoms with Gasteiger partial charge in [0, 0.05) is 6.42 Å². The first-order chi connectivity index (χ1) is 11.6. The first-order valence-corrected chi connectivity index (χ1v) is 10.2. The molecule has 0 radical (unpaired) electrons. The summed E-state index contributed by atoms with van der Waals surface area (Å²) in [6.45, 7) is 7.25. The molecule has 2 heteroatoms. The van der Waals surface area contributed by atoms with Crippen molar-refractivity contribution in [2.75, 3.05) is 6.61 Å². The molecule has 0 aromatic rings. The summed E-state index contributed by atoms with van der Waals surface area (Å²) in [4.78, 5) is 4.61. The molecule has 0 aromatic heterocycles. The molecule has 1 heterocycles. The van der Waals surface area contributed by atoms with Gasteiger partial charge in [0.1, 0.15) is 6.61 Å². The van der Waals surface area contributed by atoms with Gasteiger partial charge >= 0.3 is 0 Å². The topological polar surface area (TPSA) is 21.6 Å². The smallest absolute Gasteiger partial charge is 0.183 e. The van der Waals surface area contributed by atoms with Crippen molar-refractivity contribution in [3.63, 3.8) is 0 Å². The second kappa shape index (κ2) is 13.3. The SMILES string of the molecule is CCC/C=C\C/C=C\CCCCCCCCCC1=NC(C)(C)CO1. The lowest BCUT2D eigenvalue weighted by Crippen LogP contribution is -2.17. The van der Waals surface area contributed by atoms with Crippen LogP contribution in [0, 0.1) is 0 Å². The van der Waals surface area contributed by atoms with Crippen LogP contribution < -0.4 is 0 Å². The molecule has 1 aliphatic rings. The number of unbranched alkanes of at least 4 members (excludes halogenated alkanes) is 8. The van der Waals surface area contributed by atoms with Crippen LogP contribution in [0.4, 0.5) is 0 Å². The lowest BCUT2D eigenvalue weighted by molar-refractivity contribution is 0.273. The molecule has 1 aliphatic heterocycles. The second-order valence-corrected chi connectivity index (χ2v) is 7.59. The van der Waals surface area contributed by atoms with Crippen molar-refractivity contribution in [3.05, 3.63) is 24.3 Å². The molecule has 0 amide bonds. The summed E-state index contributed by atoms with van der Waals surface area (Å²) in [5.41, 5.74) is 0.00950. The second-order valence-electron chi connectivity index (χ2n) is 7.59. The predicted molar refractivity (Wildman–Crippen MR) is 107 cm³/mol. The quantitative estimate of drug-likeness (QED) is 0.247. The van der Waals surface area contributed by atoms with Gasteiger partial charge in [-0.3, -0.25) is 0 Å². The molecule has 1 rings (SSSR count). The predicted octanol–water partition coefficient (Wildman–Crippen LogP) is 7.01. The van der Waals surface area contributed by atoms with E-state index in [2.05, 4.69) is 50.1 Å². The summed E-state index contributed by atoms with van der Waals surface area (Å²) in [6, 6.07) is 0. The highest BCUT2D eigenvalue weighted by Crippen LogP contribution is 2.19. The number of hydrogen-bond acceptors (Lipinski definition) is 2. The zero-order valence-electron chi connectivity index (χ0n) is 16.4. The van der Waals surface area contributed by atoms with Gasteiger partial charge in [0.25, 0.3) is 0 Å². The first kappa shape index (κ1) is 21.0. The van der Waals surface area contributed by atoms with Crippen molar-refractivity contribution in [1.29, 1.82) is 0 Å². The van der Waals surface area contributed by atoms with Crippen molar-refractivity contribution < 1.29 is 4.74 Å². The molecule has 24 heavy (non-hydrogen) atoms. The Bertz CT molecular complexity index is 393. The molecule has 0 bridgehead atoms. The Hall–Kier alpha value is -1.05. The first-order valence-electron chi connectivity index (χ1n) is 10.2. The van der Waals surface area contributed by atoms with Gasteiger partial charge in [0.15, 0.2) is 5.90 Å². The fourth-order valence-electron chi connectivity index (χ4n) is 2.89. The van der Waals surface area contributed by atoms with E-state index in [4.69, 9.17) is 4.74 Å². The fraction of sp³-hybridized carbons (Fsp3) is 0.773. The van der Waals surface area contributed by atoms with Crippen molar-refractivity contribution in [1.82, 2.24) is 0 Å². The van der Waals surface area contributed by atoms with E-state index in [9.17, 15) is 0 Å². The van der Waals surface area contributed by atoms with Crippen molar-refractivity contribution in [3.8, 4) is 0 Å². The number of ether oxygens (including phenoxy) is 1. The minimum absolute atomic E-state index is 0.00950. The largest absolute Gasteiger partial charge is 0.478 e. The van der Waals surface area contributed by atoms with Crippen LogP contribution in [0.15, 0.2) is 29.3 Å². The third-order valence-corrected chi connectivity index (χ3v) is 4.34. The minimum Gasteiger partial charge on any atom is -0.478 e. The van der Waals surface area contributed by atoms with Crippen LogP contribution in [0.5, 0.6) is 0 Å². The van der Waals surface area contributed by atoms with E-state index in [1.165, 1.54) is 64.2 Å². The molecule has 2 nitrogen and oxygen atoms in total. The van der Waals surface area contributed by atoms with Gasteiger partial charge in [-0.25, -0.2) is 4.99 Å². The molecule has 0 saturated carbocycles. The highest BCUT2D eigenvalue weighted by atomic mass is 16.5. The van der Waals surface area contributed by atoms with Gasteiger partial charge in [-0.15, -0.1) is 0 Å². The van der Waals surface area contributed by atoms with Crippen molar-refractivity contribution in [2.24, 2.45) is 4.99 Å². The Labute approximate surface area is 150 Å². The Morgan fingerprint density at radius 2 is 1.50 bits per heavy atom. The number of rotatable bonds is 14. The zero-order valence-corrected chi connectivity index (χ0v) is 16.4. The third-order valence-electron chi connectivity index (χ3n) is 4.34. The zero-order chi connectivity index (χ0) is 17.5. The Morgan fingerprint density at radius 1 is 0.875 bits per heavy atom. The lowest BCUT2D eigenvalue weighted by Gasteiger charge is -2.07. The van der Waals surface area contributed by atoms with E-state index in [-0.39, 0.29) is 5.54 Å². The van der Waals surface area contributed by atoms with Gasteiger partial charge < -0.3 is 4.74 Å². The normalized spacial score (nSPS) is 16.9. The summed E-state index contributed by atoms with van der Waals surface area (Å²) < 4.78 is 5.63. The Balaban J connectivity index is 1.82. The molecule has 0 aromatic carbocycles. The van der Waals surface area contributed by atoms with Crippen LogP contribution >= 0.6 is 0 Å². The average molecular weight is 334 g/mol. The van der Waals surface area contributed by atoms with Gasteiger partial charge in [-0.2, -0.15) is 0 Å². The van der Waals surface area contributed by atoms with E-state index in [1.54, 1.807) is 0 Å². The molecule has 138 valence electrons. The molecule has 0 unspecified atom stereocenters. The minimum atomic E-state index is 0.00950. The molecular formula is C22H39NO. The molecule has 0 aliphatic carbocycles. The number of hydrogen-bond donors (Lipinski definition) is 0. The highest BCUT2D eigenvalue weighted by Gasteiger charge is 2.25. The Morgan fingerprint density at radius 3 is 2.12 bits per heavy atom. The fourth-order valence-corrected chi connectivity index (χ4v) is 2.89. The summed E-state index contributed by atoms with van der Waals surface area (Å²) in [6.07, 6.45) is 24.4.